The van der Waals surface area contributed by atoms with Gasteiger partial charge in [0.1, 0.15) is 5.82 Å². The summed E-state index contributed by atoms with van der Waals surface area (Å²) in [5.74, 6) is 0.812. The van der Waals surface area contributed by atoms with Crippen molar-refractivity contribution < 1.29 is 5.11 Å². The highest BCUT2D eigenvalue weighted by atomic mass is 16.2. The molecule has 4 nitrogen and oxygen atoms in total. The van der Waals surface area contributed by atoms with Gasteiger partial charge in [0.15, 0.2) is 0 Å². The number of hydrogen-bond acceptors (Lipinski definition) is 4. The molecular formula is C13H23N3O. The predicted molar refractivity (Wildman–Crippen MR) is 68.8 cm³/mol. The molecule has 0 spiro atoms. The second kappa shape index (κ2) is 6.67. The summed E-state index contributed by atoms with van der Waals surface area (Å²) >= 11 is 0. The van der Waals surface area contributed by atoms with Gasteiger partial charge in [0.05, 0.1) is 0 Å². The van der Waals surface area contributed by atoms with Gasteiger partial charge >= 0.3 is 0 Å². The molecule has 1 aromatic rings. The third-order valence-electron chi connectivity index (χ3n) is 2.93. The maximum atomic E-state index is 8.79. The summed E-state index contributed by atoms with van der Waals surface area (Å²) in [6, 6.07) is 0.627. The molecule has 4 heteroatoms. The van der Waals surface area contributed by atoms with Crippen LogP contribution in [0, 0.1) is 13.8 Å². The van der Waals surface area contributed by atoms with E-state index in [0.29, 0.717) is 6.04 Å². The van der Waals surface area contributed by atoms with Gasteiger partial charge in [0.25, 0.3) is 0 Å². The predicted octanol–water partition coefficient (Wildman–Crippen LogP) is 1.91. The van der Waals surface area contributed by atoms with Crippen LogP contribution in [-0.4, -0.2) is 27.7 Å². The first-order chi connectivity index (χ1) is 8.04. The maximum absolute atomic E-state index is 8.79. The molecule has 0 bridgehead atoms. The van der Waals surface area contributed by atoms with Gasteiger partial charge in [0, 0.05) is 36.1 Å². The Kier molecular flexibility index (Phi) is 5.51. The van der Waals surface area contributed by atoms with Gasteiger partial charge in [-0.15, -0.1) is 0 Å². The van der Waals surface area contributed by atoms with E-state index in [1.165, 1.54) is 0 Å². The summed E-state index contributed by atoms with van der Waals surface area (Å²) in [6.45, 7) is 8.43. The van der Waals surface area contributed by atoms with Gasteiger partial charge in [0.2, 0.25) is 0 Å². The summed E-state index contributed by atoms with van der Waals surface area (Å²) in [5, 5.41) is 12.3. The van der Waals surface area contributed by atoms with Gasteiger partial charge < -0.3 is 10.4 Å². The topological polar surface area (TPSA) is 58.0 Å². The Morgan fingerprint density at radius 2 is 2.06 bits per heavy atom. The molecule has 96 valence electrons. The lowest BCUT2D eigenvalue weighted by atomic mass is 10.1. The van der Waals surface area contributed by atoms with Crippen LogP contribution < -0.4 is 5.32 Å². The third-order valence-corrected chi connectivity index (χ3v) is 2.93. The van der Waals surface area contributed by atoms with E-state index in [4.69, 9.17) is 5.11 Å². The number of aliphatic hydroxyl groups is 1. The Morgan fingerprint density at radius 3 is 2.65 bits per heavy atom. The molecule has 1 heterocycles. The maximum Gasteiger partial charge on any atom is 0.125 e. The quantitative estimate of drug-likeness (QED) is 0.793. The number of hydrogen-bond donors (Lipinski definition) is 2. The van der Waals surface area contributed by atoms with Crippen LogP contribution >= 0.6 is 0 Å². The first-order valence-electron chi connectivity index (χ1n) is 6.21. The second-order valence-electron chi connectivity index (χ2n) is 4.61. The highest BCUT2D eigenvalue weighted by Gasteiger charge is 2.12. The van der Waals surface area contributed by atoms with Gasteiger partial charge in [-0.05, 0) is 40.5 Å². The highest BCUT2D eigenvalue weighted by Crippen LogP contribution is 2.16. The van der Waals surface area contributed by atoms with E-state index in [2.05, 4.69) is 29.1 Å². The highest BCUT2D eigenvalue weighted by molar-refractivity contribution is 5.19. The molecule has 0 aliphatic rings. The summed E-state index contributed by atoms with van der Waals surface area (Å²) in [7, 11) is 0. The van der Waals surface area contributed by atoms with E-state index in [1.54, 1.807) is 0 Å². The van der Waals surface area contributed by atoms with Crippen molar-refractivity contribution in [1.82, 2.24) is 15.3 Å². The van der Waals surface area contributed by atoms with Crippen LogP contribution in [0.4, 0.5) is 0 Å². The fourth-order valence-electron chi connectivity index (χ4n) is 2.01. The summed E-state index contributed by atoms with van der Waals surface area (Å²) in [5.41, 5.74) is 2.18. The average Bonchev–Trinajstić information content (AvgIpc) is 2.26. The monoisotopic (exact) mass is 237 g/mol. The van der Waals surface area contributed by atoms with Gasteiger partial charge in [-0.3, -0.25) is 0 Å². The van der Waals surface area contributed by atoms with Crippen molar-refractivity contribution in [3.63, 3.8) is 0 Å². The lowest BCUT2D eigenvalue weighted by Gasteiger charge is -2.21. The number of rotatable bonds is 6. The van der Waals surface area contributed by atoms with Crippen molar-refractivity contribution in [2.24, 2.45) is 0 Å². The van der Waals surface area contributed by atoms with Crippen molar-refractivity contribution in [3.8, 4) is 0 Å². The molecule has 0 aromatic carbocycles. The fourth-order valence-corrected chi connectivity index (χ4v) is 2.01. The average molecular weight is 237 g/mol. The smallest absolute Gasteiger partial charge is 0.125 e. The van der Waals surface area contributed by atoms with Crippen LogP contribution in [0.25, 0.3) is 0 Å². The molecule has 0 fully saturated rings. The molecule has 0 saturated carbocycles. The standard InChI is InChI=1S/C13H23N3O/c1-9(6-5-7-17)15-10(2)13-8-14-12(4)16-11(13)3/h8-10,15,17H,5-7H2,1-4H3. The molecule has 0 radical (unpaired) electrons. The Balaban J connectivity index is 2.60. The van der Waals surface area contributed by atoms with Crippen LogP contribution in [0.2, 0.25) is 0 Å². The summed E-state index contributed by atoms with van der Waals surface area (Å²) in [6.07, 6.45) is 3.71. The lowest BCUT2D eigenvalue weighted by Crippen LogP contribution is -2.29. The minimum Gasteiger partial charge on any atom is -0.396 e. The Hall–Kier alpha value is -1.00. The number of aromatic nitrogens is 2. The van der Waals surface area contributed by atoms with E-state index in [9.17, 15) is 0 Å². The molecule has 1 rings (SSSR count). The van der Waals surface area contributed by atoms with E-state index < -0.39 is 0 Å². The largest absolute Gasteiger partial charge is 0.396 e. The third kappa shape index (κ3) is 4.40. The Labute approximate surface area is 103 Å². The molecule has 2 unspecified atom stereocenters. The molecule has 2 N–H and O–H groups in total. The van der Waals surface area contributed by atoms with Crippen molar-refractivity contribution in [2.45, 2.75) is 52.6 Å². The molecule has 0 aliphatic carbocycles. The Bertz CT molecular complexity index is 355. The van der Waals surface area contributed by atoms with Crippen molar-refractivity contribution >= 4 is 0 Å². The van der Waals surface area contributed by atoms with E-state index in [-0.39, 0.29) is 12.6 Å². The van der Waals surface area contributed by atoms with Gasteiger partial charge in [-0.2, -0.15) is 0 Å². The van der Waals surface area contributed by atoms with E-state index in [1.807, 2.05) is 20.0 Å². The minimum atomic E-state index is 0.240. The van der Waals surface area contributed by atoms with Crippen LogP contribution in [0.3, 0.4) is 0 Å². The van der Waals surface area contributed by atoms with Crippen molar-refractivity contribution in [1.29, 1.82) is 0 Å². The summed E-state index contributed by atoms with van der Waals surface area (Å²) in [4.78, 5) is 8.61. The van der Waals surface area contributed by atoms with Crippen molar-refractivity contribution in [2.75, 3.05) is 6.61 Å². The molecule has 2 atom stereocenters. The van der Waals surface area contributed by atoms with E-state index >= 15 is 0 Å². The number of aliphatic hydroxyl groups excluding tert-OH is 1. The summed E-state index contributed by atoms with van der Waals surface area (Å²) < 4.78 is 0. The SMILES string of the molecule is Cc1ncc(C(C)NC(C)CCCO)c(C)n1. The normalized spacial score (nSPS) is 14.6. The van der Waals surface area contributed by atoms with E-state index in [0.717, 1.165) is 29.9 Å². The molecule has 0 aliphatic heterocycles. The van der Waals surface area contributed by atoms with Crippen LogP contribution in [0.1, 0.15) is 49.8 Å². The fraction of sp³-hybridized carbons (Fsp3) is 0.692. The molecule has 1 aromatic heterocycles. The lowest BCUT2D eigenvalue weighted by molar-refractivity contribution is 0.274. The van der Waals surface area contributed by atoms with Crippen LogP contribution in [0.5, 0.6) is 0 Å². The molecule has 0 saturated heterocycles. The molecule has 17 heavy (non-hydrogen) atoms. The van der Waals surface area contributed by atoms with Crippen LogP contribution in [-0.2, 0) is 0 Å². The minimum absolute atomic E-state index is 0.240. The van der Waals surface area contributed by atoms with Crippen molar-refractivity contribution in [3.05, 3.63) is 23.3 Å². The first kappa shape index (κ1) is 14.1. The second-order valence-corrected chi connectivity index (χ2v) is 4.61. The van der Waals surface area contributed by atoms with Gasteiger partial charge in [-0.25, -0.2) is 9.97 Å². The first-order valence-corrected chi connectivity index (χ1v) is 6.21. The van der Waals surface area contributed by atoms with Crippen LogP contribution in [0.15, 0.2) is 6.20 Å². The number of aryl methyl sites for hydroxylation is 2. The molecule has 0 amide bonds. The number of nitrogens with zero attached hydrogens (tertiary/aromatic N) is 2. The zero-order valence-electron chi connectivity index (χ0n) is 11.2. The molecular weight excluding hydrogens is 214 g/mol. The Morgan fingerprint density at radius 1 is 1.35 bits per heavy atom. The van der Waals surface area contributed by atoms with Gasteiger partial charge in [-0.1, -0.05) is 0 Å². The number of nitrogens with one attached hydrogen (secondary N) is 1. The zero-order valence-corrected chi connectivity index (χ0v) is 11.2. The zero-order chi connectivity index (χ0) is 12.8.